The van der Waals surface area contributed by atoms with E-state index in [1.807, 2.05) is 0 Å². The van der Waals surface area contributed by atoms with Crippen molar-refractivity contribution in [3.63, 3.8) is 0 Å². The average molecular weight is 256 g/mol. The van der Waals surface area contributed by atoms with Crippen molar-refractivity contribution in [2.45, 2.75) is 6.92 Å². The zero-order valence-electron chi connectivity index (χ0n) is 8.58. The van der Waals surface area contributed by atoms with E-state index in [2.05, 4.69) is 5.10 Å². The van der Waals surface area contributed by atoms with Crippen LogP contribution in [-0.2, 0) is 4.79 Å². The summed E-state index contributed by atoms with van der Waals surface area (Å²) >= 11 is 5.80. The van der Waals surface area contributed by atoms with Crippen LogP contribution >= 0.6 is 11.6 Å². The van der Waals surface area contributed by atoms with Gasteiger partial charge in [-0.15, -0.1) is 5.10 Å². The van der Waals surface area contributed by atoms with Crippen molar-refractivity contribution in [2.75, 3.05) is 0 Å². The summed E-state index contributed by atoms with van der Waals surface area (Å²) in [5.41, 5.74) is 0.127. The van der Waals surface area contributed by atoms with Crippen molar-refractivity contribution in [2.24, 2.45) is 0 Å². The predicted octanol–water partition coefficient (Wildman–Crippen LogP) is 1.57. The lowest BCUT2D eigenvalue weighted by Gasteiger charge is -2.00. The fraction of sp³-hybridized carbons (Fsp3) is 0.111. The third-order valence-electron chi connectivity index (χ3n) is 2.01. The highest BCUT2D eigenvalue weighted by atomic mass is 35.5. The number of nitrogens with zero attached hydrogens (tertiary/aromatic N) is 3. The van der Waals surface area contributed by atoms with E-state index >= 15 is 0 Å². The van der Waals surface area contributed by atoms with Crippen LogP contribution in [0.3, 0.4) is 0 Å². The summed E-state index contributed by atoms with van der Waals surface area (Å²) in [4.78, 5) is 26.5. The average Bonchev–Trinajstić information content (AvgIpc) is 2.54. The molecule has 2 aromatic rings. The molecule has 0 unspecified atom stereocenters. The molecule has 0 atom stereocenters. The van der Waals surface area contributed by atoms with Gasteiger partial charge in [-0.05, 0) is 6.07 Å². The topological polar surface area (TPSA) is 87.3 Å². The van der Waals surface area contributed by atoms with Crippen LogP contribution in [0.4, 0.5) is 5.69 Å². The van der Waals surface area contributed by atoms with E-state index in [1.54, 1.807) is 0 Å². The Bertz CT molecular complexity index is 622. The number of benzene rings is 1. The van der Waals surface area contributed by atoms with E-state index < -0.39 is 10.9 Å². The second-order valence-electron chi connectivity index (χ2n) is 3.21. The van der Waals surface area contributed by atoms with Crippen molar-refractivity contribution >= 4 is 34.2 Å². The number of nitro benzene ring substituents is 1. The lowest BCUT2D eigenvalue weighted by atomic mass is 10.2. The Morgan fingerprint density at radius 2 is 2.29 bits per heavy atom. The summed E-state index contributed by atoms with van der Waals surface area (Å²) in [5, 5.41) is 14.9. The zero-order valence-corrected chi connectivity index (χ0v) is 9.34. The molecule has 1 heterocycles. The van der Waals surface area contributed by atoms with E-state index in [9.17, 15) is 14.9 Å². The predicted molar refractivity (Wildman–Crippen MR) is 58.7 cm³/mol. The highest BCUT2D eigenvalue weighted by Crippen LogP contribution is 2.26. The first-order chi connectivity index (χ1) is 7.99. The van der Waals surface area contributed by atoms with Gasteiger partial charge in [0.25, 0.3) is 5.69 Å². The van der Waals surface area contributed by atoms with E-state index in [0.717, 1.165) is 4.85 Å². The first kappa shape index (κ1) is 11.3. The van der Waals surface area contributed by atoms with Crippen molar-refractivity contribution < 1.29 is 14.6 Å². The van der Waals surface area contributed by atoms with E-state index in [4.69, 9.17) is 16.4 Å². The van der Waals surface area contributed by atoms with Gasteiger partial charge in [-0.2, -0.15) is 0 Å². The molecule has 0 N–H and O–H groups in total. The molecule has 1 aromatic heterocycles. The van der Waals surface area contributed by atoms with Crippen LogP contribution in [-0.4, -0.2) is 20.8 Å². The molecule has 8 heteroatoms. The first-order valence-corrected chi connectivity index (χ1v) is 4.88. The number of carbonyl (C=O) groups excluding carboxylic acids is 1. The minimum absolute atomic E-state index is 0.108. The molecule has 7 nitrogen and oxygen atoms in total. The lowest BCUT2D eigenvalue weighted by Crippen LogP contribution is -2.17. The molecule has 1 aromatic carbocycles. The number of aromatic nitrogens is 2. The van der Waals surface area contributed by atoms with Crippen LogP contribution in [0.25, 0.3) is 10.9 Å². The van der Waals surface area contributed by atoms with Gasteiger partial charge in [0.05, 0.1) is 4.92 Å². The standard InChI is InChI=1S/C9H6ClN3O4/c1-5(14)17-12-8-4-6(13(15)16)2-3-7(8)9(10)11-12/h2-4H,1H3. The van der Waals surface area contributed by atoms with Crippen molar-refractivity contribution in [3.8, 4) is 0 Å². The molecule has 0 saturated carbocycles. The van der Waals surface area contributed by atoms with Crippen LogP contribution in [0.1, 0.15) is 6.92 Å². The van der Waals surface area contributed by atoms with Gasteiger partial charge in [0.1, 0.15) is 5.52 Å². The second-order valence-corrected chi connectivity index (χ2v) is 3.56. The van der Waals surface area contributed by atoms with Crippen molar-refractivity contribution in [1.82, 2.24) is 9.94 Å². The van der Waals surface area contributed by atoms with Gasteiger partial charge in [0, 0.05) is 24.4 Å². The van der Waals surface area contributed by atoms with Gasteiger partial charge in [-0.3, -0.25) is 10.1 Å². The molecule has 0 saturated heterocycles. The molecule has 0 bridgehead atoms. The molecule has 0 aliphatic carbocycles. The Morgan fingerprint density at radius 3 is 2.88 bits per heavy atom. The van der Waals surface area contributed by atoms with Crippen molar-refractivity contribution in [1.29, 1.82) is 0 Å². The molecule has 88 valence electrons. The van der Waals surface area contributed by atoms with Crippen LogP contribution in [0.5, 0.6) is 0 Å². The number of rotatable bonds is 2. The fourth-order valence-electron chi connectivity index (χ4n) is 1.35. The summed E-state index contributed by atoms with van der Waals surface area (Å²) in [6, 6.07) is 3.98. The molecule has 2 rings (SSSR count). The smallest absolute Gasteiger partial charge is 0.319 e. The van der Waals surface area contributed by atoms with E-state index in [1.165, 1.54) is 25.1 Å². The normalized spacial score (nSPS) is 10.5. The molecule has 0 spiro atoms. The third kappa shape index (κ3) is 2.04. The number of hydrogen-bond acceptors (Lipinski definition) is 5. The molecule has 0 aliphatic heterocycles. The molecular weight excluding hydrogens is 250 g/mol. The summed E-state index contributed by atoms with van der Waals surface area (Å²) < 4.78 is 0. The summed E-state index contributed by atoms with van der Waals surface area (Å²) in [6.45, 7) is 1.19. The van der Waals surface area contributed by atoms with Crippen LogP contribution < -0.4 is 4.84 Å². The van der Waals surface area contributed by atoms with E-state index in [0.29, 0.717) is 5.39 Å². The van der Waals surface area contributed by atoms with Crippen LogP contribution in [0.2, 0.25) is 5.15 Å². The Balaban J connectivity index is 2.64. The minimum atomic E-state index is -0.599. The lowest BCUT2D eigenvalue weighted by molar-refractivity contribution is -0.384. The van der Waals surface area contributed by atoms with Gasteiger partial charge in [0.2, 0.25) is 0 Å². The monoisotopic (exact) mass is 255 g/mol. The Morgan fingerprint density at radius 1 is 1.59 bits per heavy atom. The van der Waals surface area contributed by atoms with Crippen molar-refractivity contribution in [3.05, 3.63) is 33.5 Å². The minimum Gasteiger partial charge on any atom is -0.319 e. The third-order valence-corrected chi connectivity index (χ3v) is 2.29. The van der Waals surface area contributed by atoms with E-state index in [-0.39, 0.29) is 16.4 Å². The number of halogens is 1. The molecular formula is C9H6ClN3O4. The molecule has 0 aliphatic rings. The van der Waals surface area contributed by atoms with Gasteiger partial charge in [-0.1, -0.05) is 16.4 Å². The highest BCUT2D eigenvalue weighted by molar-refractivity contribution is 6.34. The number of non-ortho nitro benzene ring substituents is 1. The SMILES string of the molecule is CC(=O)On1nc(Cl)c2ccc([N+](=O)[O-])cc21. The van der Waals surface area contributed by atoms with Crippen LogP contribution in [0, 0.1) is 10.1 Å². The molecule has 0 amide bonds. The molecule has 0 radical (unpaired) electrons. The number of nitro groups is 1. The fourth-order valence-corrected chi connectivity index (χ4v) is 1.57. The maximum Gasteiger partial charge on any atom is 0.331 e. The van der Waals surface area contributed by atoms with Gasteiger partial charge >= 0.3 is 5.97 Å². The highest BCUT2D eigenvalue weighted by Gasteiger charge is 2.15. The first-order valence-electron chi connectivity index (χ1n) is 4.50. The van der Waals surface area contributed by atoms with Gasteiger partial charge in [0.15, 0.2) is 5.15 Å². The maximum atomic E-state index is 10.8. The second kappa shape index (κ2) is 4.02. The number of fused-ring (bicyclic) bond motifs is 1. The zero-order chi connectivity index (χ0) is 12.6. The largest absolute Gasteiger partial charge is 0.331 e. The number of carbonyl (C=O) groups is 1. The van der Waals surface area contributed by atoms with Gasteiger partial charge < -0.3 is 4.84 Å². The number of hydrogen-bond donors (Lipinski definition) is 0. The Kier molecular flexibility index (Phi) is 2.68. The summed E-state index contributed by atoms with van der Waals surface area (Å²) in [6.07, 6.45) is 0. The summed E-state index contributed by atoms with van der Waals surface area (Å²) in [7, 11) is 0. The molecule has 17 heavy (non-hydrogen) atoms. The summed E-state index contributed by atoms with van der Waals surface area (Å²) in [5.74, 6) is -0.599. The Hall–Kier alpha value is -2.15. The maximum absolute atomic E-state index is 10.8. The Labute approximate surface area is 99.6 Å². The quantitative estimate of drug-likeness (QED) is 0.600. The van der Waals surface area contributed by atoms with Gasteiger partial charge in [-0.25, -0.2) is 4.79 Å². The molecule has 0 fully saturated rings. The van der Waals surface area contributed by atoms with Crippen LogP contribution in [0.15, 0.2) is 18.2 Å².